The molecule has 0 aromatic carbocycles. The summed E-state index contributed by atoms with van der Waals surface area (Å²) in [4.78, 5) is 26.8. The van der Waals surface area contributed by atoms with E-state index in [2.05, 4.69) is 10.4 Å². The van der Waals surface area contributed by atoms with E-state index < -0.39 is 18.0 Å². The van der Waals surface area contributed by atoms with Gasteiger partial charge in [0.25, 0.3) is 5.92 Å². The zero-order valence-corrected chi connectivity index (χ0v) is 13.3. The molecule has 6 nitrogen and oxygen atoms in total. The maximum absolute atomic E-state index is 13.0. The topological polar surface area (TPSA) is 67.2 Å². The number of carbonyl (C=O) groups is 2. The maximum Gasteiger partial charge on any atom is 0.252 e. The summed E-state index contributed by atoms with van der Waals surface area (Å²) in [6.07, 6.45) is 3.85. The standard InChI is InChI=1S/C16H20F2N4O2/c17-16(18)6-11(7-16)20-14(23)13-9-21(15(24)10-2-1-3-10)8-12-4-5-19-22(12)13/h4-5,10-11,13H,1-3,6-9H2,(H,20,23)/t13-/m1/s1. The van der Waals surface area contributed by atoms with Crippen LogP contribution in [0.1, 0.15) is 43.8 Å². The minimum atomic E-state index is -2.67. The van der Waals surface area contributed by atoms with Gasteiger partial charge in [0.1, 0.15) is 6.04 Å². The second kappa shape index (κ2) is 5.53. The van der Waals surface area contributed by atoms with E-state index in [4.69, 9.17) is 0 Å². The van der Waals surface area contributed by atoms with Crippen molar-refractivity contribution in [1.29, 1.82) is 0 Å². The summed E-state index contributed by atoms with van der Waals surface area (Å²) >= 11 is 0. The Hall–Kier alpha value is -1.99. The first-order valence-corrected chi connectivity index (χ1v) is 8.42. The smallest absolute Gasteiger partial charge is 0.252 e. The monoisotopic (exact) mass is 338 g/mol. The molecule has 0 spiro atoms. The third-order valence-corrected chi connectivity index (χ3v) is 5.30. The van der Waals surface area contributed by atoms with E-state index in [1.54, 1.807) is 21.8 Å². The number of carbonyl (C=O) groups excluding carboxylic acids is 2. The number of rotatable bonds is 3. The van der Waals surface area contributed by atoms with Gasteiger partial charge in [0.15, 0.2) is 0 Å². The molecule has 1 aromatic heterocycles. The van der Waals surface area contributed by atoms with Crippen LogP contribution in [0.15, 0.2) is 12.3 Å². The predicted molar refractivity (Wildman–Crippen MR) is 80.1 cm³/mol. The fraction of sp³-hybridized carbons (Fsp3) is 0.688. The molecule has 3 aliphatic rings. The fourth-order valence-electron chi connectivity index (χ4n) is 3.63. The second-order valence-corrected chi connectivity index (χ2v) is 7.10. The van der Waals surface area contributed by atoms with Crippen LogP contribution in [0.4, 0.5) is 8.78 Å². The molecular formula is C16H20F2N4O2. The van der Waals surface area contributed by atoms with Crippen LogP contribution in [0, 0.1) is 5.92 Å². The second-order valence-electron chi connectivity index (χ2n) is 7.10. The van der Waals surface area contributed by atoms with Gasteiger partial charge in [-0.3, -0.25) is 14.3 Å². The summed E-state index contributed by atoms with van der Waals surface area (Å²) in [6, 6.07) is 0.643. The number of aromatic nitrogens is 2. The van der Waals surface area contributed by atoms with E-state index in [9.17, 15) is 18.4 Å². The van der Waals surface area contributed by atoms with Crippen LogP contribution in [0.3, 0.4) is 0 Å². The van der Waals surface area contributed by atoms with Gasteiger partial charge in [-0.2, -0.15) is 5.10 Å². The van der Waals surface area contributed by atoms with Crippen molar-refractivity contribution in [3.63, 3.8) is 0 Å². The number of hydrogen-bond donors (Lipinski definition) is 1. The van der Waals surface area contributed by atoms with Crippen LogP contribution in [0.2, 0.25) is 0 Å². The lowest BCUT2D eigenvalue weighted by Crippen LogP contribution is -2.55. The Bertz CT molecular complexity index is 663. The zero-order chi connectivity index (χ0) is 16.9. The van der Waals surface area contributed by atoms with E-state index >= 15 is 0 Å². The van der Waals surface area contributed by atoms with E-state index in [0.29, 0.717) is 6.54 Å². The minimum Gasteiger partial charge on any atom is -0.351 e. The van der Waals surface area contributed by atoms with Crippen LogP contribution < -0.4 is 5.32 Å². The third kappa shape index (κ3) is 2.67. The molecule has 0 radical (unpaired) electrons. The summed E-state index contributed by atoms with van der Waals surface area (Å²) in [5, 5.41) is 6.85. The van der Waals surface area contributed by atoms with Crippen molar-refractivity contribution in [2.45, 2.75) is 56.7 Å². The quantitative estimate of drug-likeness (QED) is 0.908. The highest BCUT2D eigenvalue weighted by Gasteiger charge is 2.47. The molecule has 2 aliphatic carbocycles. The van der Waals surface area contributed by atoms with Crippen LogP contribution in [0.25, 0.3) is 0 Å². The van der Waals surface area contributed by atoms with Crippen molar-refractivity contribution in [3.8, 4) is 0 Å². The van der Waals surface area contributed by atoms with Crippen LogP contribution in [0.5, 0.6) is 0 Å². The number of amides is 2. The average Bonchev–Trinajstić information content (AvgIpc) is 2.90. The van der Waals surface area contributed by atoms with E-state index in [1.165, 1.54) is 0 Å². The first kappa shape index (κ1) is 15.5. The molecule has 2 heterocycles. The number of hydrogen-bond acceptors (Lipinski definition) is 3. The number of halogens is 2. The van der Waals surface area contributed by atoms with Crippen LogP contribution in [-0.2, 0) is 16.1 Å². The van der Waals surface area contributed by atoms with Gasteiger partial charge in [-0.15, -0.1) is 0 Å². The number of nitrogens with zero attached hydrogens (tertiary/aromatic N) is 3. The summed E-state index contributed by atoms with van der Waals surface area (Å²) in [5.74, 6) is -2.87. The van der Waals surface area contributed by atoms with Crippen LogP contribution in [-0.4, -0.2) is 45.0 Å². The van der Waals surface area contributed by atoms with Gasteiger partial charge in [0, 0.05) is 31.0 Å². The summed E-state index contributed by atoms with van der Waals surface area (Å²) in [7, 11) is 0. The molecule has 0 bridgehead atoms. The minimum absolute atomic E-state index is 0.0634. The van der Waals surface area contributed by atoms with Crippen LogP contribution >= 0.6 is 0 Å². The summed E-state index contributed by atoms with van der Waals surface area (Å²) < 4.78 is 27.5. The molecule has 4 rings (SSSR count). The Balaban J connectivity index is 1.47. The Morgan fingerprint density at radius 3 is 2.67 bits per heavy atom. The molecule has 24 heavy (non-hydrogen) atoms. The normalized spacial score (nSPS) is 26.2. The van der Waals surface area contributed by atoms with Crippen molar-refractivity contribution in [2.24, 2.45) is 5.92 Å². The van der Waals surface area contributed by atoms with Gasteiger partial charge < -0.3 is 10.2 Å². The largest absolute Gasteiger partial charge is 0.351 e. The molecule has 2 amide bonds. The molecule has 130 valence electrons. The Morgan fingerprint density at radius 1 is 1.29 bits per heavy atom. The highest BCUT2D eigenvalue weighted by atomic mass is 19.3. The fourth-order valence-corrected chi connectivity index (χ4v) is 3.63. The molecule has 2 fully saturated rings. The molecule has 1 N–H and O–H groups in total. The van der Waals surface area contributed by atoms with E-state index in [-0.39, 0.29) is 37.1 Å². The molecular weight excluding hydrogens is 318 g/mol. The lowest BCUT2D eigenvalue weighted by atomic mass is 9.84. The van der Waals surface area contributed by atoms with Gasteiger partial charge >= 0.3 is 0 Å². The predicted octanol–water partition coefficient (Wildman–Crippen LogP) is 1.48. The van der Waals surface area contributed by atoms with Crippen molar-refractivity contribution in [2.75, 3.05) is 6.54 Å². The molecule has 0 saturated heterocycles. The molecule has 0 unspecified atom stereocenters. The SMILES string of the molecule is O=C(NC1CC(F)(F)C1)[C@H]1CN(C(=O)C2CCC2)Cc2ccnn21. The third-order valence-electron chi connectivity index (χ3n) is 5.30. The average molecular weight is 338 g/mol. The molecule has 1 atom stereocenters. The summed E-state index contributed by atoms with van der Waals surface area (Å²) in [6.45, 7) is 0.694. The molecule has 8 heteroatoms. The van der Waals surface area contributed by atoms with E-state index in [1.807, 2.05) is 0 Å². The first-order valence-electron chi connectivity index (χ1n) is 8.42. The zero-order valence-electron chi connectivity index (χ0n) is 13.3. The molecule has 1 aromatic rings. The Morgan fingerprint density at radius 2 is 2.04 bits per heavy atom. The lowest BCUT2D eigenvalue weighted by molar-refractivity contribution is -0.142. The molecule has 2 saturated carbocycles. The Kier molecular flexibility index (Phi) is 3.58. The highest BCUT2D eigenvalue weighted by molar-refractivity contribution is 5.84. The van der Waals surface area contributed by atoms with Gasteiger partial charge in [0.05, 0.1) is 18.8 Å². The van der Waals surface area contributed by atoms with E-state index in [0.717, 1.165) is 25.0 Å². The first-order chi connectivity index (χ1) is 11.4. The number of nitrogens with one attached hydrogen (secondary N) is 1. The summed E-state index contributed by atoms with van der Waals surface area (Å²) in [5.41, 5.74) is 0.799. The number of alkyl halides is 2. The molecule has 1 aliphatic heterocycles. The van der Waals surface area contributed by atoms with Gasteiger partial charge in [-0.1, -0.05) is 6.42 Å². The van der Waals surface area contributed by atoms with Crippen molar-refractivity contribution in [1.82, 2.24) is 20.0 Å². The Labute approximate surface area is 138 Å². The number of fused-ring (bicyclic) bond motifs is 1. The maximum atomic E-state index is 13.0. The highest BCUT2D eigenvalue weighted by Crippen LogP contribution is 2.38. The van der Waals surface area contributed by atoms with Crippen molar-refractivity contribution in [3.05, 3.63) is 18.0 Å². The van der Waals surface area contributed by atoms with Crippen molar-refractivity contribution >= 4 is 11.8 Å². The van der Waals surface area contributed by atoms with Crippen molar-refractivity contribution < 1.29 is 18.4 Å². The van der Waals surface area contributed by atoms with Gasteiger partial charge in [-0.25, -0.2) is 8.78 Å². The van der Waals surface area contributed by atoms with Gasteiger partial charge in [0.2, 0.25) is 11.8 Å². The lowest BCUT2D eigenvalue weighted by Gasteiger charge is -2.39. The van der Waals surface area contributed by atoms with Gasteiger partial charge in [-0.05, 0) is 18.9 Å².